The molecule has 3 rings (SSSR count). The maximum Gasteiger partial charge on any atom is 0.220 e. The van der Waals surface area contributed by atoms with Gasteiger partial charge in [0.25, 0.3) is 0 Å². The number of hydrogen-bond acceptors (Lipinski definition) is 19. The van der Waals surface area contributed by atoms with Gasteiger partial charge in [0.15, 0.2) is 18.9 Å². The average Bonchev–Trinajstić information content (AvgIpc) is 3.14. The highest BCUT2D eigenvalue weighted by molar-refractivity contribution is 5.76. The summed E-state index contributed by atoms with van der Waals surface area (Å²) in [7, 11) is 1.35. The quantitative estimate of drug-likeness (QED) is 0.0330. The first-order valence-corrected chi connectivity index (χ1v) is 18.8. The van der Waals surface area contributed by atoms with Crippen LogP contribution in [0.15, 0.2) is 0 Å². The summed E-state index contributed by atoms with van der Waals surface area (Å²) in [5.41, 5.74) is 6.35. The van der Waals surface area contributed by atoms with Crippen molar-refractivity contribution in [3.05, 3.63) is 0 Å². The van der Waals surface area contributed by atoms with Crippen LogP contribution in [0.5, 0.6) is 0 Å². The highest BCUT2D eigenvalue weighted by atomic mass is 16.7. The lowest BCUT2D eigenvalue weighted by molar-refractivity contribution is -0.353. The first-order valence-electron chi connectivity index (χ1n) is 18.8. The minimum Gasteiger partial charge on any atom is -0.394 e. The van der Waals surface area contributed by atoms with Crippen molar-refractivity contribution in [2.45, 2.75) is 139 Å². The Morgan fingerprint density at radius 3 is 1.78 bits per heavy atom. The number of ether oxygens (including phenoxy) is 9. The number of rotatable bonds is 24. The fourth-order valence-corrected chi connectivity index (χ4v) is 6.70. The number of hydrogen-bond donors (Lipinski definition) is 10. The summed E-state index contributed by atoms with van der Waals surface area (Å²) in [6.07, 6.45) is -12.1. The van der Waals surface area contributed by atoms with E-state index in [2.05, 4.69) is 10.6 Å². The van der Waals surface area contributed by atoms with E-state index in [0.717, 1.165) is 12.8 Å². The number of aliphatic hydroxyl groups excluding tert-OH is 7. The number of nitrogens with two attached hydrogens (primary N) is 1. The van der Waals surface area contributed by atoms with Crippen molar-refractivity contribution in [2.75, 3.05) is 66.6 Å². The Morgan fingerprint density at radius 1 is 0.759 bits per heavy atom. The van der Waals surface area contributed by atoms with E-state index in [1.807, 2.05) is 6.92 Å². The molecular weight excluding hydrogens is 722 g/mol. The Bertz CT molecular complexity index is 1040. The second-order valence-electron chi connectivity index (χ2n) is 13.8. The lowest BCUT2D eigenvalue weighted by atomic mass is 9.89. The Kier molecular flexibility index (Phi) is 21.4. The molecule has 0 bridgehead atoms. The van der Waals surface area contributed by atoms with E-state index in [-0.39, 0.29) is 71.8 Å². The molecule has 3 fully saturated rings. The predicted octanol–water partition coefficient (Wildman–Crippen LogP) is -3.99. The average molecular weight is 788 g/mol. The summed E-state index contributed by atoms with van der Waals surface area (Å²) in [4.78, 5) is 12.9. The number of amides is 1. The van der Waals surface area contributed by atoms with Crippen LogP contribution in [0.2, 0.25) is 0 Å². The Labute approximate surface area is 316 Å². The van der Waals surface area contributed by atoms with Gasteiger partial charge >= 0.3 is 0 Å². The SMILES string of the molecule is CCCCCC(=O)NC1[C@H](OC)OC(COCCO)[C@H](O[C@@H]2OC(COCCO)[C@H](O[C@@H]3OC(COCCO)[C@H](C)[C@@H](O)C3N)[C@@H](O)C2NC(C)O)[C@H]1O. The first-order chi connectivity index (χ1) is 25.9. The van der Waals surface area contributed by atoms with Gasteiger partial charge in [0.05, 0.1) is 83.8 Å². The number of nitrogens with one attached hydrogen (secondary N) is 2. The fraction of sp³-hybridized carbons (Fsp3) is 0.971. The van der Waals surface area contributed by atoms with E-state index >= 15 is 0 Å². The molecule has 3 heterocycles. The monoisotopic (exact) mass is 787 g/mol. The second-order valence-corrected chi connectivity index (χ2v) is 13.8. The molecule has 20 nitrogen and oxygen atoms in total. The number of unbranched alkanes of at least 4 members (excludes halogenated alkanes) is 2. The molecule has 0 aromatic carbocycles. The van der Waals surface area contributed by atoms with Crippen LogP contribution in [0.25, 0.3) is 0 Å². The van der Waals surface area contributed by atoms with Crippen LogP contribution in [0.3, 0.4) is 0 Å². The number of methoxy groups -OCH3 is 1. The summed E-state index contributed by atoms with van der Waals surface area (Å²) in [6, 6.07) is -3.44. The molecule has 0 aliphatic carbocycles. The van der Waals surface area contributed by atoms with E-state index < -0.39 is 98.0 Å². The summed E-state index contributed by atoms with van der Waals surface area (Å²) < 4.78 is 53.3. The van der Waals surface area contributed by atoms with Crippen molar-refractivity contribution in [1.29, 1.82) is 0 Å². The minimum absolute atomic E-state index is 0.0132. The van der Waals surface area contributed by atoms with Crippen molar-refractivity contribution in [3.8, 4) is 0 Å². The van der Waals surface area contributed by atoms with E-state index in [9.17, 15) is 35.4 Å². The molecule has 0 aromatic rings. The van der Waals surface area contributed by atoms with Crippen LogP contribution in [0, 0.1) is 5.92 Å². The molecule has 0 saturated carbocycles. The maximum absolute atomic E-state index is 12.9. The largest absolute Gasteiger partial charge is 0.394 e. The Morgan fingerprint density at radius 2 is 1.26 bits per heavy atom. The molecule has 3 aliphatic rings. The van der Waals surface area contributed by atoms with Crippen LogP contribution in [-0.2, 0) is 47.4 Å². The zero-order valence-electron chi connectivity index (χ0n) is 31.7. The third kappa shape index (κ3) is 13.4. The normalized spacial score (nSPS) is 38.0. The lowest BCUT2D eigenvalue weighted by Crippen LogP contribution is -2.70. The molecule has 20 heteroatoms. The van der Waals surface area contributed by atoms with Gasteiger partial charge in [0.2, 0.25) is 5.91 Å². The van der Waals surface area contributed by atoms with Gasteiger partial charge in [-0.25, -0.2) is 0 Å². The van der Waals surface area contributed by atoms with Crippen LogP contribution >= 0.6 is 0 Å². The minimum atomic E-state index is -1.55. The van der Waals surface area contributed by atoms with E-state index in [0.29, 0.717) is 6.42 Å². The maximum atomic E-state index is 12.9. The molecule has 318 valence electrons. The molecule has 0 radical (unpaired) electrons. The van der Waals surface area contributed by atoms with Gasteiger partial charge < -0.3 is 89.4 Å². The third-order valence-corrected chi connectivity index (χ3v) is 9.63. The van der Waals surface area contributed by atoms with Crippen molar-refractivity contribution in [1.82, 2.24) is 10.6 Å². The molecule has 3 aliphatic heterocycles. The lowest BCUT2D eigenvalue weighted by Gasteiger charge is -2.50. The standard InChI is InChI=1S/C34H65N3O17/c1-5-6-7-8-23(42)37-25-28(44)31(21(16-48-13-10-39)51-33(25)46-4)54-34-26(36-19(3)41)29(45)30(22(52-34)17-49-14-11-40)53-32-24(35)27(43)18(2)20(50-32)15-47-12-9-38/h18-22,24-34,36,38-41,43-45H,5-17,35H2,1-4H3,(H,37,42)/t18-,19?,20?,21?,22?,24?,25?,26?,27+,28-,29-,30-,31-,32-,33+,34-/m0/s1. The number of carbonyl (C=O) groups excluding carboxylic acids is 1. The Hall–Kier alpha value is -1.25. The first kappa shape index (κ1) is 47.1. The van der Waals surface area contributed by atoms with Gasteiger partial charge in [-0.3, -0.25) is 10.1 Å². The molecule has 1 amide bonds. The van der Waals surface area contributed by atoms with Crippen LogP contribution in [0.4, 0.5) is 0 Å². The second kappa shape index (κ2) is 24.5. The van der Waals surface area contributed by atoms with E-state index in [4.69, 9.17) is 53.5 Å². The van der Waals surface area contributed by atoms with Crippen LogP contribution in [0.1, 0.15) is 46.5 Å². The van der Waals surface area contributed by atoms with Crippen LogP contribution in [-0.4, -0.2) is 200 Å². The molecule has 0 aromatic heterocycles. The number of aliphatic hydroxyl groups is 7. The predicted molar refractivity (Wildman–Crippen MR) is 186 cm³/mol. The zero-order chi connectivity index (χ0) is 39.8. The van der Waals surface area contributed by atoms with Crippen molar-refractivity contribution in [2.24, 2.45) is 11.7 Å². The Balaban J connectivity index is 1.93. The molecule has 11 N–H and O–H groups in total. The number of carbonyl (C=O) groups is 1. The molecule has 16 atom stereocenters. The fourth-order valence-electron chi connectivity index (χ4n) is 6.70. The van der Waals surface area contributed by atoms with Gasteiger partial charge in [-0.1, -0.05) is 26.7 Å². The third-order valence-electron chi connectivity index (χ3n) is 9.63. The van der Waals surface area contributed by atoms with E-state index in [1.54, 1.807) is 6.92 Å². The molecule has 7 unspecified atom stereocenters. The van der Waals surface area contributed by atoms with Gasteiger partial charge in [-0.05, 0) is 13.3 Å². The topological polar surface area (TPSA) is 292 Å². The van der Waals surface area contributed by atoms with Gasteiger partial charge in [-0.2, -0.15) is 0 Å². The summed E-state index contributed by atoms with van der Waals surface area (Å²) in [5.74, 6) is -0.811. The van der Waals surface area contributed by atoms with Gasteiger partial charge in [-0.15, -0.1) is 0 Å². The van der Waals surface area contributed by atoms with E-state index in [1.165, 1.54) is 14.0 Å². The molecule has 3 saturated heterocycles. The van der Waals surface area contributed by atoms with Crippen LogP contribution < -0.4 is 16.4 Å². The molecule has 0 spiro atoms. The zero-order valence-corrected chi connectivity index (χ0v) is 31.7. The summed E-state index contributed by atoms with van der Waals surface area (Å²) >= 11 is 0. The molecular formula is C34H65N3O17. The highest BCUT2D eigenvalue weighted by Crippen LogP contribution is 2.34. The van der Waals surface area contributed by atoms with Crippen molar-refractivity contribution in [3.63, 3.8) is 0 Å². The van der Waals surface area contributed by atoms with Gasteiger partial charge in [0.1, 0.15) is 48.9 Å². The summed E-state index contributed by atoms with van der Waals surface area (Å²) in [5, 5.41) is 78.7. The van der Waals surface area contributed by atoms with Crippen molar-refractivity contribution >= 4 is 5.91 Å². The van der Waals surface area contributed by atoms with Crippen molar-refractivity contribution < 1.29 is 83.2 Å². The van der Waals surface area contributed by atoms with Gasteiger partial charge in [0, 0.05) is 19.4 Å². The molecule has 54 heavy (non-hydrogen) atoms. The summed E-state index contributed by atoms with van der Waals surface area (Å²) in [6.45, 7) is 3.79. The smallest absolute Gasteiger partial charge is 0.220 e. The highest BCUT2D eigenvalue weighted by Gasteiger charge is 2.54.